The first-order chi connectivity index (χ1) is 9.72. The minimum absolute atomic E-state index is 0.211. The Bertz CT molecular complexity index is 494. The summed E-state index contributed by atoms with van der Waals surface area (Å²) in [6.07, 6.45) is 5.66. The number of ketones is 1. The van der Waals surface area contributed by atoms with Crippen molar-refractivity contribution in [3.8, 4) is 0 Å². The number of rotatable bonds is 3. The minimum atomic E-state index is -0.211. The smallest absolute Gasteiger partial charge is 0.140 e. The molecule has 3 rings (SSSR count). The van der Waals surface area contributed by atoms with Crippen molar-refractivity contribution >= 4 is 29.3 Å². The van der Waals surface area contributed by atoms with Crippen molar-refractivity contribution in [2.45, 2.75) is 49.0 Å². The van der Waals surface area contributed by atoms with Crippen LogP contribution in [0.3, 0.4) is 0 Å². The minimum Gasteiger partial charge on any atom is -0.299 e. The maximum absolute atomic E-state index is 12.5. The average molecular weight is 306 g/mol. The van der Waals surface area contributed by atoms with Crippen molar-refractivity contribution in [1.29, 1.82) is 0 Å². The molecule has 1 aliphatic heterocycles. The summed E-state index contributed by atoms with van der Waals surface area (Å²) in [5, 5.41) is 0. The zero-order chi connectivity index (χ0) is 14.0. The molecule has 0 bridgehead atoms. The van der Waals surface area contributed by atoms with E-state index in [4.69, 9.17) is 0 Å². The van der Waals surface area contributed by atoms with E-state index in [1.807, 2.05) is 0 Å². The van der Waals surface area contributed by atoms with E-state index in [0.29, 0.717) is 10.4 Å². The van der Waals surface area contributed by atoms with Gasteiger partial charge in [0.25, 0.3) is 0 Å². The largest absolute Gasteiger partial charge is 0.299 e. The second-order valence-corrected chi connectivity index (χ2v) is 8.80. The van der Waals surface area contributed by atoms with Gasteiger partial charge < -0.3 is 0 Å². The van der Waals surface area contributed by atoms with E-state index >= 15 is 0 Å². The number of Topliss-reactive ketones (excluding diaryl/α,β-unsaturated/α-hetero) is 1. The van der Waals surface area contributed by atoms with Crippen molar-refractivity contribution in [3.63, 3.8) is 0 Å². The van der Waals surface area contributed by atoms with Crippen LogP contribution in [0.4, 0.5) is 0 Å². The molecule has 1 aromatic rings. The Morgan fingerprint density at radius 3 is 2.75 bits per heavy atom. The Labute approximate surface area is 130 Å². The summed E-state index contributed by atoms with van der Waals surface area (Å²) in [5.74, 6) is 2.89. The zero-order valence-electron chi connectivity index (χ0n) is 12.1. The third-order valence-corrected chi connectivity index (χ3v) is 7.61. The van der Waals surface area contributed by atoms with Gasteiger partial charge >= 0.3 is 0 Å². The fourth-order valence-corrected chi connectivity index (χ4v) is 6.68. The highest BCUT2D eigenvalue weighted by molar-refractivity contribution is 8.17. The number of thioether (sulfide) groups is 2. The lowest BCUT2D eigenvalue weighted by molar-refractivity contribution is -0.123. The number of benzene rings is 1. The molecule has 0 spiro atoms. The molecule has 0 radical (unpaired) electrons. The van der Waals surface area contributed by atoms with Gasteiger partial charge in [-0.1, -0.05) is 24.3 Å². The normalized spacial score (nSPS) is 27.1. The highest BCUT2D eigenvalue weighted by Crippen LogP contribution is 2.46. The molecule has 1 aromatic carbocycles. The van der Waals surface area contributed by atoms with Crippen LogP contribution in [0.2, 0.25) is 0 Å². The van der Waals surface area contributed by atoms with Crippen molar-refractivity contribution in [1.82, 2.24) is 0 Å². The highest BCUT2D eigenvalue weighted by Gasteiger charge is 2.42. The van der Waals surface area contributed by atoms with Crippen LogP contribution in [0, 0.1) is 0 Å². The first kappa shape index (κ1) is 14.5. The van der Waals surface area contributed by atoms with Crippen molar-refractivity contribution < 1.29 is 4.79 Å². The van der Waals surface area contributed by atoms with E-state index in [0.717, 1.165) is 25.7 Å². The second kappa shape index (κ2) is 6.15. The molecule has 1 atom stereocenters. The molecule has 0 amide bonds. The van der Waals surface area contributed by atoms with E-state index in [9.17, 15) is 4.79 Å². The van der Waals surface area contributed by atoms with Crippen LogP contribution >= 0.6 is 23.5 Å². The maximum atomic E-state index is 12.5. The van der Waals surface area contributed by atoms with Gasteiger partial charge in [0.2, 0.25) is 0 Å². The van der Waals surface area contributed by atoms with E-state index in [1.165, 1.54) is 29.1 Å². The second-order valence-electron chi connectivity index (χ2n) is 5.88. The van der Waals surface area contributed by atoms with Crippen LogP contribution in [-0.4, -0.2) is 21.9 Å². The number of fused-ring (bicyclic) bond motifs is 1. The molecule has 1 fully saturated rings. The number of carbonyl (C=O) groups is 1. The molecular formula is C17H22OS2. The Morgan fingerprint density at radius 1 is 1.25 bits per heavy atom. The van der Waals surface area contributed by atoms with Crippen LogP contribution in [0.15, 0.2) is 24.3 Å². The maximum Gasteiger partial charge on any atom is 0.140 e. The number of hydrogen-bond donors (Lipinski definition) is 0. The average Bonchev–Trinajstić information content (AvgIpc) is 2.48. The Balaban J connectivity index is 1.94. The summed E-state index contributed by atoms with van der Waals surface area (Å²) in [6.45, 7) is 1.81. The van der Waals surface area contributed by atoms with Gasteiger partial charge in [0, 0.05) is 0 Å². The molecular weight excluding hydrogens is 284 g/mol. The van der Waals surface area contributed by atoms with Crippen LogP contribution in [0.5, 0.6) is 0 Å². The van der Waals surface area contributed by atoms with Gasteiger partial charge in [-0.15, -0.1) is 23.5 Å². The SMILES string of the molecule is CC(=O)C1(CC2SCCCS2)CCCc2ccccc21. The van der Waals surface area contributed by atoms with Crippen LogP contribution in [-0.2, 0) is 16.6 Å². The van der Waals surface area contributed by atoms with Gasteiger partial charge in [0.05, 0.1) is 10.00 Å². The Hall–Kier alpha value is -0.410. The number of aryl methyl sites for hydroxylation is 1. The topological polar surface area (TPSA) is 17.1 Å². The summed E-state index contributed by atoms with van der Waals surface area (Å²) in [7, 11) is 0. The highest BCUT2D eigenvalue weighted by atomic mass is 32.2. The molecule has 0 saturated carbocycles. The summed E-state index contributed by atoms with van der Waals surface area (Å²) >= 11 is 4.12. The summed E-state index contributed by atoms with van der Waals surface area (Å²) in [6, 6.07) is 8.63. The fraction of sp³-hybridized carbons (Fsp3) is 0.588. The number of hydrogen-bond acceptors (Lipinski definition) is 3. The van der Waals surface area contributed by atoms with E-state index in [2.05, 4.69) is 47.8 Å². The lowest BCUT2D eigenvalue weighted by Crippen LogP contribution is -2.40. The number of carbonyl (C=O) groups excluding carboxylic acids is 1. The molecule has 1 unspecified atom stereocenters. The van der Waals surface area contributed by atoms with Crippen LogP contribution in [0.1, 0.15) is 43.7 Å². The predicted octanol–water partition coefficient (Wildman–Crippen LogP) is 4.44. The fourth-order valence-electron chi connectivity index (χ4n) is 3.58. The van der Waals surface area contributed by atoms with Gasteiger partial charge in [-0.3, -0.25) is 4.79 Å². The molecule has 2 aliphatic rings. The molecule has 1 aliphatic carbocycles. The van der Waals surface area contributed by atoms with Gasteiger partial charge in [-0.2, -0.15) is 0 Å². The molecule has 1 saturated heterocycles. The summed E-state index contributed by atoms with van der Waals surface area (Å²) < 4.78 is 0.596. The molecule has 108 valence electrons. The van der Waals surface area contributed by atoms with E-state index in [1.54, 1.807) is 6.92 Å². The van der Waals surface area contributed by atoms with Gasteiger partial charge in [-0.05, 0) is 61.7 Å². The van der Waals surface area contributed by atoms with Crippen LogP contribution < -0.4 is 0 Å². The first-order valence-corrected chi connectivity index (χ1v) is 9.65. The molecule has 1 heterocycles. The first-order valence-electron chi connectivity index (χ1n) is 7.55. The van der Waals surface area contributed by atoms with Crippen molar-refractivity contribution in [2.75, 3.05) is 11.5 Å². The van der Waals surface area contributed by atoms with E-state index < -0.39 is 0 Å². The Kier molecular flexibility index (Phi) is 4.46. The van der Waals surface area contributed by atoms with Gasteiger partial charge in [0.15, 0.2) is 0 Å². The van der Waals surface area contributed by atoms with Crippen molar-refractivity contribution in [2.24, 2.45) is 0 Å². The predicted molar refractivity (Wildman–Crippen MR) is 89.7 cm³/mol. The van der Waals surface area contributed by atoms with Gasteiger partial charge in [-0.25, -0.2) is 0 Å². The third kappa shape index (κ3) is 2.67. The summed E-state index contributed by atoms with van der Waals surface area (Å²) in [4.78, 5) is 12.5. The molecule has 0 aromatic heterocycles. The van der Waals surface area contributed by atoms with Crippen LogP contribution in [0.25, 0.3) is 0 Å². The molecule has 0 N–H and O–H groups in total. The molecule has 1 nitrogen and oxygen atoms in total. The summed E-state index contributed by atoms with van der Waals surface area (Å²) in [5.41, 5.74) is 2.52. The Morgan fingerprint density at radius 2 is 2.00 bits per heavy atom. The lowest BCUT2D eigenvalue weighted by atomic mass is 9.66. The monoisotopic (exact) mass is 306 g/mol. The quantitative estimate of drug-likeness (QED) is 0.822. The standard InChI is InChI=1S/C17H22OS2/c1-13(18)17(12-16-19-10-5-11-20-16)9-4-7-14-6-2-3-8-15(14)17/h2-3,6,8,16H,4-5,7,9-12H2,1H3. The van der Waals surface area contributed by atoms with Crippen molar-refractivity contribution in [3.05, 3.63) is 35.4 Å². The third-order valence-electron chi connectivity index (χ3n) is 4.67. The molecule has 20 heavy (non-hydrogen) atoms. The van der Waals surface area contributed by atoms with Gasteiger partial charge in [0.1, 0.15) is 5.78 Å². The zero-order valence-corrected chi connectivity index (χ0v) is 13.7. The molecule has 3 heteroatoms. The van der Waals surface area contributed by atoms with E-state index in [-0.39, 0.29) is 5.41 Å². The lowest BCUT2D eigenvalue weighted by Gasteiger charge is -2.40.